The lowest BCUT2D eigenvalue weighted by atomic mass is 10.2. The topological polar surface area (TPSA) is 83.6 Å². The van der Waals surface area contributed by atoms with Crippen LogP contribution in [-0.4, -0.2) is 25.8 Å². The molecule has 4 rings (SSSR count). The average molecular weight is 329 g/mol. The summed E-state index contributed by atoms with van der Waals surface area (Å²) in [6.45, 7) is 1.78. The second kappa shape index (κ2) is 6.16. The number of para-hydroxylation sites is 2. The Bertz CT molecular complexity index is 1020. The first-order valence-corrected chi connectivity index (χ1v) is 7.84. The Labute approximate surface area is 144 Å². The molecular weight excluding hydrogens is 314 g/mol. The third-order valence-corrected chi connectivity index (χ3v) is 3.96. The highest BCUT2D eigenvalue weighted by Crippen LogP contribution is 2.22. The molecule has 0 unspecified atom stereocenters. The minimum Gasteiger partial charge on any atom is -0.338 e. The lowest BCUT2D eigenvalue weighted by molar-refractivity contribution is 0.102. The van der Waals surface area contributed by atoms with Crippen LogP contribution in [0, 0.1) is 6.92 Å². The number of fused-ring (bicyclic) bond motifs is 1. The molecule has 2 aromatic heterocycles. The van der Waals surface area contributed by atoms with Crippen molar-refractivity contribution in [3.8, 4) is 11.4 Å². The summed E-state index contributed by atoms with van der Waals surface area (Å²) in [6, 6.07) is 15.4. The van der Waals surface area contributed by atoms with Crippen LogP contribution < -0.4 is 5.32 Å². The summed E-state index contributed by atoms with van der Waals surface area (Å²) in [7, 11) is 0. The Kier molecular flexibility index (Phi) is 3.70. The number of nitrogens with zero attached hydrogens (tertiary/aromatic N) is 3. The molecule has 1 amide bonds. The molecular formula is C19H15N5O. The maximum atomic E-state index is 12.3. The molecule has 0 bridgehead atoms. The van der Waals surface area contributed by atoms with Crippen LogP contribution in [0.4, 0.5) is 5.69 Å². The minimum atomic E-state index is -0.227. The number of anilines is 1. The molecule has 4 aromatic rings. The lowest BCUT2D eigenvalue weighted by Crippen LogP contribution is -2.14. The van der Waals surface area contributed by atoms with Gasteiger partial charge in [0.25, 0.3) is 5.91 Å². The summed E-state index contributed by atoms with van der Waals surface area (Å²) >= 11 is 0. The first kappa shape index (κ1) is 15.0. The Hall–Kier alpha value is -3.54. The predicted molar refractivity (Wildman–Crippen MR) is 96.3 cm³/mol. The van der Waals surface area contributed by atoms with E-state index in [2.05, 4.69) is 25.3 Å². The number of amides is 1. The zero-order valence-corrected chi connectivity index (χ0v) is 13.5. The maximum absolute atomic E-state index is 12.3. The van der Waals surface area contributed by atoms with Gasteiger partial charge in [0.15, 0.2) is 0 Å². The van der Waals surface area contributed by atoms with Crippen molar-refractivity contribution in [2.75, 3.05) is 5.32 Å². The predicted octanol–water partition coefficient (Wildman–Crippen LogP) is 3.58. The summed E-state index contributed by atoms with van der Waals surface area (Å²) in [6.07, 6.45) is 2.94. The van der Waals surface area contributed by atoms with E-state index in [1.165, 1.54) is 12.5 Å². The van der Waals surface area contributed by atoms with Crippen molar-refractivity contribution in [2.45, 2.75) is 6.92 Å². The molecule has 2 aromatic carbocycles. The Balaban J connectivity index is 1.56. The first-order chi connectivity index (χ1) is 12.2. The summed E-state index contributed by atoms with van der Waals surface area (Å²) in [5.41, 5.74) is 4.68. The van der Waals surface area contributed by atoms with Crippen LogP contribution in [0.15, 0.2) is 61.1 Å². The van der Waals surface area contributed by atoms with E-state index in [4.69, 9.17) is 0 Å². The van der Waals surface area contributed by atoms with Crippen LogP contribution in [0.1, 0.15) is 16.1 Å². The molecule has 0 aliphatic heterocycles. The SMILES string of the molecule is Cc1ncncc1C(=O)Nc1ccc(-c2nc3ccccc3[nH]2)cc1. The molecule has 6 nitrogen and oxygen atoms in total. The molecule has 25 heavy (non-hydrogen) atoms. The van der Waals surface area contributed by atoms with Gasteiger partial charge in [-0.15, -0.1) is 0 Å². The molecule has 0 fully saturated rings. The summed E-state index contributed by atoms with van der Waals surface area (Å²) in [4.78, 5) is 28.1. The molecule has 2 heterocycles. The monoisotopic (exact) mass is 329 g/mol. The van der Waals surface area contributed by atoms with Gasteiger partial charge in [-0.25, -0.2) is 15.0 Å². The third-order valence-electron chi connectivity index (χ3n) is 3.96. The number of aromatic nitrogens is 4. The van der Waals surface area contributed by atoms with Gasteiger partial charge in [-0.2, -0.15) is 0 Å². The number of aromatic amines is 1. The third kappa shape index (κ3) is 2.97. The standard InChI is InChI=1S/C19H15N5O/c1-12-15(10-20-11-21-12)19(25)22-14-8-6-13(7-9-14)18-23-16-4-2-3-5-17(16)24-18/h2-11H,1H3,(H,22,25)(H,23,24). The van der Waals surface area contributed by atoms with Crippen molar-refractivity contribution >= 4 is 22.6 Å². The Morgan fingerprint density at radius 1 is 1.08 bits per heavy atom. The van der Waals surface area contributed by atoms with Gasteiger partial charge in [-0.05, 0) is 43.3 Å². The van der Waals surface area contributed by atoms with E-state index in [1.807, 2.05) is 48.5 Å². The molecule has 0 spiro atoms. The lowest BCUT2D eigenvalue weighted by Gasteiger charge is -2.07. The average Bonchev–Trinajstić information content (AvgIpc) is 3.07. The van der Waals surface area contributed by atoms with Gasteiger partial charge >= 0.3 is 0 Å². The van der Waals surface area contributed by atoms with Crippen molar-refractivity contribution in [1.82, 2.24) is 19.9 Å². The first-order valence-electron chi connectivity index (χ1n) is 7.84. The van der Waals surface area contributed by atoms with Crippen molar-refractivity contribution in [2.24, 2.45) is 0 Å². The molecule has 0 atom stereocenters. The van der Waals surface area contributed by atoms with E-state index in [0.29, 0.717) is 16.9 Å². The van der Waals surface area contributed by atoms with Crippen LogP contribution in [0.3, 0.4) is 0 Å². The number of aryl methyl sites for hydroxylation is 1. The Morgan fingerprint density at radius 2 is 1.88 bits per heavy atom. The van der Waals surface area contributed by atoms with E-state index in [1.54, 1.807) is 6.92 Å². The summed E-state index contributed by atoms with van der Waals surface area (Å²) in [5.74, 6) is 0.570. The van der Waals surface area contributed by atoms with Crippen LogP contribution in [-0.2, 0) is 0 Å². The number of rotatable bonds is 3. The molecule has 0 aliphatic rings. The van der Waals surface area contributed by atoms with Gasteiger partial charge in [-0.3, -0.25) is 4.79 Å². The van der Waals surface area contributed by atoms with Crippen LogP contribution in [0.25, 0.3) is 22.4 Å². The number of carbonyl (C=O) groups is 1. The molecule has 0 saturated heterocycles. The highest BCUT2D eigenvalue weighted by molar-refractivity contribution is 6.04. The normalized spacial score (nSPS) is 10.8. The number of imidazole rings is 1. The van der Waals surface area contributed by atoms with Gasteiger partial charge in [0, 0.05) is 17.4 Å². The van der Waals surface area contributed by atoms with Gasteiger partial charge in [-0.1, -0.05) is 12.1 Å². The van der Waals surface area contributed by atoms with E-state index in [0.717, 1.165) is 22.4 Å². The highest BCUT2D eigenvalue weighted by atomic mass is 16.1. The molecule has 0 aliphatic carbocycles. The van der Waals surface area contributed by atoms with Gasteiger partial charge in [0.1, 0.15) is 12.2 Å². The number of carbonyl (C=O) groups excluding carboxylic acids is 1. The van der Waals surface area contributed by atoms with Crippen molar-refractivity contribution < 1.29 is 4.79 Å². The highest BCUT2D eigenvalue weighted by Gasteiger charge is 2.11. The van der Waals surface area contributed by atoms with E-state index in [-0.39, 0.29) is 5.91 Å². The van der Waals surface area contributed by atoms with Crippen molar-refractivity contribution in [1.29, 1.82) is 0 Å². The Morgan fingerprint density at radius 3 is 2.64 bits per heavy atom. The van der Waals surface area contributed by atoms with E-state index >= 15 is 0 Å². The minimum absolute atomic E-state index is 0.227. The fourth-order valence-electron chi connectivity index (χ4n) is 2.61. The number of benzene rings is 2. The quantitative estimate of drug-likeness (QED) is 0.602. The number of nitrogens with one attached hydrogen (secondary N) is 2. The van der Waals surface area contributed by atoms with Crippen molar-refractivity contribution in [3.63, 3.8) is 0 Å². The second-order valence-electron chi connectivity index (χ2n) is 5.66. The maximum Gasteiger partial charge on any atom is 0.259 e. The van der Waals surface area contributed by atoms with Crippen LogP contribution in [0.5, 0.6) is 0 Å². The van der Waals surface area contributed by atoms with Gasteiger partial charge in [0.2, 0.25) is 0 Å². The largest absolute Gasteiger partial charge is 0.338 e. The second-order valence-corrected chi connectivity index (χ2v) is 5.66. The zero-order chi connectivity index (χ0) is 17.2. The van der Waals surface area contributed by atoms with E-state index < -0.39 is 0 Å². The van der Waals surface area contributed by atoms with Gasteiger partial charge < -0.3 is 10.3 Å². The fourth-order valence-corrected chi connectivity index (χ4v) is 2.61. The molecule has 2 N–H and O–H groups in total. The summed E-state index contributed by atoms with van der Waals surface area (Å²) in [5, 5.41) is 2.85. The molecule has 122 valence electrons. The fraction of sp³-hybridized carbons (Fsp3) is 0.0526. The zero-order valence-electron chi connectivity index (χ0n) is 13.5. The summed E-state index contributed by atoms with van der Waals surface area (Å²) < 4.78 is 0. The molecule has 0 saturated carbocycles. The molecule has 6 heteroatoms. The van der Waals surface area contributed by atoms with Crippen LogP contribution in [0.2, 0.25) is 0 Å². The van der Waals surface area contributed by atoms with Crippen molar-refractivity contribution in [3.05, 3.63) is 72.3 Å². The van der Waals surface area contributed by atoms with E-state index in [9.17, 15) is 4.79 Å². The number of hydrogen-bond acceptors (Lipinski definition) is 4. The molecule has 0 radical (unpaired) electrons. The number of H-pyrrole nitrogens is 1. The smallest absolute Gasteiger partial charge is 0.259 e. The number of hydrogen-bond donors (Lipinski definition) is 2. The van der Waals surface area contributed by atoms with Gasteiger partial charge in [0.05, 0.1) is 22.3 Å². The van der Waals surface area contributed by atoms with Crippen LogP contribution >= 0.6 is 0 Å².